The zero-order chi connectivity index (χ0) is 18.5. The Hall–Kier alpha value is -3.23. The third kappa shape index (κ3) is 4.24. The van der Waals surface area contributed by atoms with Gasteiger partial charge in [-0.2, -0.15) is 0 Å². The molecule has 0 atom stereocenters. The van der Waals surface area contributed by atoms with E-state index in [2.05, 4.69) is 15.6 Å². The zero-order valence-electron chi connectivity index (χ0n) is 13.8. The van der Waals surface area contributed by atoms with Crippen molar-refractivity contribution in [1.29, 1.82) is 0 Å². The summed E-state index contributed by atoms with van der Waals surface area (Å²) in [4.78, 5) is 12.0. The van der Waals surface area contributed by atoms with Gasteiger partial charge in [0.15, 0.2) is 28.8 Å². The molecule has 0 unspecified atom stereocenters. The minimum Gasteiger partial charge on any atom is -0.482 e. The van der Waals surface area contributed by atoms with Crippen molar-refractivity contribution in [3.63, 3.8) is 0 Å². The third-order valence-corrected chi connectivity index (χ3v) is 3.45. The van der Waals surface area contributed by atoms with Gasteiger partial charge in [0, 0.05) is 18.2 Å². The number of hydrogen-bond acceptors (Lipinski definition) is 6. The first kappa shape index (κ1) is 17.6. The molecular formula is C17H15F2N3O4. The van der Waals surface area contributed by atoms with Crippen molar-refractivity contribution in [2.24, 2.45) is 0 Å². The Morgan fingerprint density at radius 3 is 2.69 bits per heavy atom. The molecule has 3 rings (SSSR count). The van der Waals surface area contributed by atoms with Crippen LogP contribution >= 0.6 is 0 Å². The van der Waals surface area contributed by atoms with E-state index in [-0.39, 0.29) is 30.4 Å². The fourth-order valence-electron chi connectivity index (χ4n) is 2.09. The summed E-state index contributed by atoms with van der Waals surface area (Å²) in [5, 5.41) is 10.1. The van der Waals surface area contributed by atoms with Crippen LogP contribution in [0.5, 0.6) is 5.75 Å². The van der Waals surface area contributed by atoms with Crippen LogP contribution < -0.4 is 10.1 Å². The Balaban J connectivity index is 1.54. The molecule has 0 aliphatic rings. The second-order valence-electron chi connectivity index (χ2n) is 5.36. The summed E-state index contributed by atoms with van der Waals surface area (Å²) in [6.45, 7) is 1.94. The van der Waals surface area contributed by atoms with Crippen LogP contribution in [0.1, 0.15) is 34.6 Å². The fraction of sp³-hybridized carbons (Fsp3) is 0.235. The van der Waals surface area contributed by atoms with E-state index in [9.17, 15) is 13.6 Å². The van der Waals surface area contributed by atoms with Crippen LogP contribution in [-0.4, -0.2) is 16.2 Å². The molecule has 7 nitrogen and oxygen atoms in total. The summed E-state index contributed by atoms with van der Waals surface area (Å²) in [7, 11) is 0. The molecular weight excluding hydrogens is 348 g/mol. The van der Waals surface area contributed by atoms with Crippen molar-refractivity contribution >= 4 is 5.91 Å². The molecule has 0 saturated heterocycles. The van der Waals surface area contributed by atoms with Crippen molar-refractivity contribution in [1.82, 2.24) is 15.6 Å². The molecule has 2 heterocycles. The van der Waals surface area contributed by atoms with Gasteiger partial charge in [0.1, 0.15) is 12.4 Å². The second kappa shape index (κ2) is 7.77. The molecule has 1 amide bonds. The summed E-state index contributed by atoms with van der Waals surface area (Å²) in [5.74, 6) is -1.40. The maximum Gasteiger partial charge on any atom is 0.273 e. The average Bonchev–Trinajstić information content (AvgIpc) is 3.28. The number of nitrogens with zero attached hydrogens (tertiary/aromatic N) is 2. The lowest BCUT2D eigenvalue weighted by Crippen LogP contribution is -2.22. The van der Waals surface area contributed by atoms with E-state index in [4.69, 9.17) is 13.8 Å². The van der Waals surface area contributed by atoms with Gasteiger partial charge >= 0.3 is 0 Å². The summed E-state index contributed by atoms with van der Waals surface area (Å²) >= 11 is 0. The highest BCUT2D eigenvalue weighted by molar-refractivity contribution is 5.92. The highest BCUT2D eigenvalue weighted by atomic mass is 19.1. The predicted octanol–water partition coefficient (Wildman–Crippen LogP) is 3.01. The Bertz CT molecular complexity index is 907. The number of carbonyl (C=O) groups is 1. The van der Waals surface area contributed by atoms with Crippen LogP contribution in [0.3, 0.4) is 0 Å². The van der Waals surface area contributed by atoms with Crippen LogP contribution in [0.4, 0.5) is 8.78 Å². The minimum atomic E-state index is -0.832. The maximum absolute atomic E-state index is 13.5. The molecule has 2 aromatic heterocycles. The van der Waals surface area contributed by atoms with Gasteiger partial charge in [0.25, 0.3) is 5.91 Å². The molecule has 1 N–H and O–H groups in total. The number of nitrogens with one attached hydrogen (secondary N) is 1. The molecule has 0 saturated carbocycles. The number of amides is 1. The highest BCUT2D eigenvalue weighted by Crippen LogP contribution is 2.19. The van der Waals surface area contributed by atoms with Gasteiger partial charge in [0.05, 0.1) is 12.2 Å². The van der Waals surface area contributed by atoms with E-state index in [1.54, 1.807) is 6.07 Å². The molecule has 0 aliphatic heterocycles. The molecule has 0 radical (unpaired) electrons. The van der Waals surface area contributed by atoms with E-state index in [0.717, 1.165) is 24.2 Å². The lowest BCUT2D eigenvalue weighted by molar-refractivity contribution is 0.0937. The van der Waals surface area contributed by atoms with E-state index in [0.29, 0.717) is 11.8 Å². The Kier molecular flexibility index (Phi) is 5.26. The molecule has 26 heavy (non-hydrogen) atoms. The molecule has 136 valence electrons. The monoisotopic (exact) mass is 363 g/mol. The predicted molar refractivity (Wildman–Crippen MR) is 84.2 cm³/mol. The van der Waals surface area contributed by atoms with Gasteiger partial charge in [-0.25, -0.2) is 8.78 Å². The van der Waals surface area contributed by atoms with Crippen molar-refractivity contribution in [3.05, 3.63) is 64.9 Å². The quantitative estimate of drug-likeness (QED) is 0.694. The smallest absolute Gasteiger partial charge is 0.273 e. The number of rotatable bonds is 7. The second-order valence-corrected chi connectivity index (χ2v) is 5.36. The fourth-order valence-corrected chi connectivity index (χ4v) is 2.09. The SMILES string of the molecule is CCc1cc(CNC(=O)c2cc(COc3ccc(F)cc3F)on2)on1. The molecule has 9 heteroatoms. The molecule has 0 bridgehead atoms. The third-order valence-electron chi connectivity index (χ3n) is 3.45. The topological polar surface area (TPSA) is 90.4 Å². The number of halogens is 2. The summed E-state index contributed by atoms with van der Waals surface area (Å²) in [6.07, 6.45) is 0.735. The summed E-state index contributed by atoms with van der Waals surface area (Å²) in [5.41, 5.74) is 0.835. The first-order valence-corrected chi connectivity index (χ1v) is 7.81. The van der Waals surface area contributed by atoms with Crippen LogP contribution in [-0.2, 0) is 19.6 Å². The summed E-state index contributed by atoms with van der Waals surface area (Å²) < 4.78 is 41.6. The van der Waals surface area contributed by atoms with Crippen LogP contribution in [0.15, 0.2) is 39.4 Å². The number of carbonyl (C=O) groups excluding carboxylic acids is 1. The van der Waals surface area contributed by atoms with Gasteiger partial charge < -0.3 is 19.1 Å². The van der Waals surface area contributed by atoms with E-state index in [1.807, 2.05) is 6.92 Å². The van der Waals surface area contributed by atoms with Crippen LogP contribution in [0.2, 0.25) is 0 Å². The molecule has 0 aliphatic carbocycles. The molecule has 0 spiro atoms. The van der Waals surface area contributed by atoms with Gasteiger partial charge in [0.2, 0.25) is 0 Å². The number of hydrogen-bond donors (Lipinski definition) is 1. The highest BCUT2D eigenvalue weighted by Gasteiger charge is 2.14. The van der Waals surface area contributed by atoms with Gasteiger partial charge in [-0.05, 0) is 18.6 Å². The van der Waals surface area contributed by atoms with Gasteiger partial charge in [-0.15, -0.1) is 0 Å². The number of aryl methyl sites for hydroxylation is 1. The Labute approximate surface area is 146 Å². The number of ether oxygens (including phenoxy) is 1. The van der Waals surface area contributed by atoms with E-state index >= 15 is 0 Å². The number of benzene rings is 1. The van der Waals surface area contributed by atoms with Crippen molar-refractivity contribution < 1.29 is 27.4 Å². The minimum absolute atomic E-state index is 0.0402. The molecule has 1 aromatic carbocycles. The Morgan fingerprint density at radius 2 is 1.96 bits per heavy atom. The van der Waals surface area contributed by atoms with Crippen molar-refractivity contribution in [2.45, 2.75) is 26.5 Å². The van der Waals surface area contributed by atoms with Crippen molar-refractivity contribution in [3.8, 4) is 5.75 Å². The molecule has 0 fully saturated rings. The summed E-state index contributed by atoms with van der Waals surface area (Å²) in [6, 6.07) is 6.07. The van der Waals surface area contributed by atoms with Crippen LogP contribution in [0, 0.1) is 11.6 Å². The van der Waals surface area contributed by atoms with E-state index in [1.165, 1.54) is 6.07 Å². The van der Waals surface area contributed by atoms with Gasteiger partial charge in [-0.1, -0.05) is 17.2 Å². The molecule has 3 aromatic rings. The van der Waals surface area contributed by atoms with Crippen LogP contribution in [0.25, 0.3) is 0 Å². The zero-order valence-corrected chi connectivity index (χ0v) is 13.8. The normalized spacial score (nSPS) is 10.7. The average molecular weight is 363 g/mol. The standard InChI is InChI=1S/C17H15F2N3O4/c1-2-11-6-12(25-21-11)8-20-17(23)15-7-13(26-22-15)9-24-16-4-3-10(18)5-14(16)19/h3-7H,2,8-9H2,1H3,(H,20,23). The maximum atomic E-state index is 13.5. The van der Waals surface area contributed by atoms with E-state index < -0.39 is 17.5 Å². The first-order chi connectivity index (χ1) is 12.5. The number of aromatic nitrogens is 2. The van der Waals surface area contributed by atoms with Crippen molar-refractivity contribution in [2.75, 3.05) is 0 Å². The lowest BCUT2D eigenvalue weighted by Gasteiger charge is -2.04. The lowest BCUT2D eigenvalue weighted by atomic mass is 10.3. The Morgan fingerprint density at radius 1 is 1.15 bits per heavy atom. The largest absolute Gasteiger partial charge is 0.482 e. The first-order valence-electron chi connectivity index (χ1n) is 7.81. The van der Waals surface area contributed by atoms with Gasteiger partial charge in [-0.3, -0.25) is 4.79 Å².